The smallest absolute Gasteiger partial charge is 0.279 e. The number of fused-ring (bicyclic) bond motifs is 1. The number of hydrogen-bond donors (Lipinski definition) is 3. The molecular formula is C23H25ClN3O2+. The van der Waals surface area contributed by atoms with Crippen LogP contribution in [0.1, 0.15) is 18.5 Å². The number of carbonyl (C=O) groups excluding carboxylic acids is 2. The Bertz CT molecular complexity index is 1020. The topological polar surface area (TPSA) is 62.6 Å². The van der Waals surface area contributed by atoms with Crippen molar-refractivity contribution in [2.24, 2.45) is 0 Å². The lowest BCUT2D eigenvalue weighted by molar-refractivity contribution is -0.862. The Hall–Kier alpha value is -2.89. The Balaban J connectivity index is 1.51. The van der Waals surface area contributed by atoms with E-state index in [2.05, 4.69) is 34.9 Å². The third-order valence-corrected chi connectivity index (χ3v) is 5.05. The van der Waals surface area contributed by atoms with Crippen LogP contribution in [0.5, 0.6) is 0 Å². The van der Waals surface area contributed by atoms with E-state index in [-0.39, 0.29) is 30.9 Å². The quantitative estimate of drug-likeness (QED) is 0.561. The molecule has 0 heterocycles. The van der Waals surface area contributed by atoms with Gasteiger partial charge in [-0.2, -0.15) is 0 Å². The van der Waals surface area contributed by atoms with Crippen molar-refractivity contribution in [3.05, 3.63) is 77.3 Å². The van der Waals surface area contributed by atoms with E-state index in [0.29, 0.717) is 10.7 Å². The standard InChI is InChI=1S/C23H24ClN3O2/c1-16(18-12-11-17-7-3-4-8-19(17)13-18)25-22(28)14-27(2)15-23(29)26-21-10-6-5-9-20(21)24/h3-13,16H,14-15H2,1-2H3,(H,25,28)(H,26,29)/p+1/t16-/m0/s1. The molecule has 0 aliphatic heterocycles. The summed E-state index contributed by atoms with van der Waals surface area (Å²) in [6.45, 7) is 2.33. The molecule has 2 amide bonds. The lowest BCUT2D eigenvalue weighted by Crippen LogP contribution is -3.11. The summed E-state index contributed by atoms with van der Waals surface area (Å²) in [6, 6.07) is 21.3. The van der Waals surface area contributed by atoms with Crippen molar-refractivity contribution in [1.82, 2.24) is 5.32 Å². The van der Waals surface area contributed by atoms with Crippen LogP contribution in [-0.4, -0.2) is 32.0 Å². The fraction of sp³-hybridized carbons (Fsp3) is 0.217. The molecule has 3 aromatic carbocycles. The van der Waals surface area contributed by atoms with E-state index in [1.54, 1.807) is 24.3 Å². The second-order valence-electron chi connectivity index (χ2n) is 7.23. The number of benzene rings is 3. The molecule has 3 N–H and O–H groups in total. The maximum atomic E-state index is 12.4. The SMILES string of the molecule is C[C@H](NC(=O)C[NH+](C)CC(=O)Nc1ccccc1Cl)c1ccc2ccccc2c1. The van der Waals surface area contributed by atoms with Crippen LogP contribution in [0.2, 0.25) is 5.02 Å². The van der Waals surface area contributed by atoms with Gasteiger partial charge in [-0.05, 0) is 41.5 Å². The third-order valence-electron chi connectivity index (χ3n) is 4.72. The van der Waals surface area contributed by atoms with Crippen LogP contribution >= 0.6 is 11.6 Å². The number of likely N-dealkylation sites (N-methyl/N-ethyl adjacent to an activating group) is 1. The first-order valence-corrected chi connectivity index (χ1v) is 9.94. The highest BCUT2D eigenvalue weighted by Gasteiger charge is 2.17. The van der Waals surface area contributed by atoms with Crippen LogP contribution in [-0.2, 0) is 9.59 Å². The molecule has 0 saturated carbocycles. The second-order valence-corrected chi connectivity index (χ2v) is 7.64. The molecule has 0 bridgehead atoms. The lowest BCUT2D eigenvalue weighted by atomic mass is 10.0. The lowest BCUT2D eigenvalue weighted by Gasteiger charge is -2.18. The van der Waals surface area contributed by atoms with Crippen LogP contribution in [0.25, 0.3) is 10.8 Å². The summed E-state index contributed by atoms with van der Waals surface area (Å²) in [4.78, 5) is 25.4. The molecule has 0 fully saturated rings. The van der Waals surface area contributed by atoms with Crippen LogP contribution in [0.15, 0.2) is 66.7 Å². The van der Waals surface area contributed by atoms with Crippen molar-refractivity contribution in [2.45, 2.75) is 13.0 Å². The molecule has 3 aromatic rings. The maximum absolute atomic E-state index is 12.4. The minimum atomic E-state index is -0.189. The summed E-state index contributed by atoms with van der Waals surface area (Å²) in [5.41, 5.74) is 1.62. The van der Waals surface area contributed by atoms with Gasteiger partial charge in [-0.3, -0.25) is 9.59 Å². The van der Waals surface area contributed by atoms with E-state index in [9.17, 15) is 9.59 Å². The Morgan fingerprint density at radius 3 is 2.34 bits per heavy atom. The summed E-state index contributed by atoms with van der Waals surface area (Å²) < 4.78 is 0. The molecule has 6 heteroatoms. The van der Waals surface area contributed by atoms with Gasteiger partial charge in [0.25, 0.3) is 11.8 Å². The van der Waals surface area contributed by atoms with Crippen molar-refractivity contribution in [2.75, 3.05) is 25.5 Å². The summed E-state index contributed by atoms with van der Waals surface area (Å²) >= 11 is 6.06. The van der Waals surface area contributed by atoms with Crippen LogP contribution < -0.4 is 15.5 Å². The molecule has 0 aromatic heterocycles. The third kappa shape index (κ3) is 5.79. The van der Waals surface area contributed by atoms with Gasteiger partial charge in [-0.25, -0.2) is 0 Å². The molecule has 1 unspecified atom stereocenters. The highest BCUT2D eigenvalue weighted by Crippen LogP contribution is 2.21. The van der Waals surface area contributed by atoms with Gasteiger partial charge in [0, 0.05) is 0 Å². The number of para-hydroxylation sites is 1. The van der Waals surface area contributed by atoms with E-state index in [1.165, 1.54) is 5.39 Å². The molecule has 0 aliphatic rings. The van der Waals surface area contributed by atoms with Gasteiger partial charge in [0.2, 0.25) is 0 Å². The number of amides is 2. The van der Waals surface area contributed by atoms with Gasteiger partial charge < -0.3 is 15.5 Å². The summed E-state index contributed by atoms with van der Waals surface area (Å²) in [7, 11) is 1.81. The number of anilines is 1. The molecule has 0 spiro atoms. The van der Waals surface area contributed by atoms with Crippen LogP contribution in [0, 0.1) is 0 Å². The van der Waals surface area contributed by atoms with Crippen LogP contribution in [0.4, 0.5) is 5.69 Å². The van der Waals surface area contributed by atoms with Gasteiger partial charge in [-0.1, -0.05) is 60.1 Å². The molecular weight excluding hydrogens is 386 g/mol. The number of nitrogens with one attached hydrogen (secondary N) is 3. The number of rotatable bonds is 7. The van der Waals surface area contributed by atoms with Gasteiger partial charge >= 0.3 is 0 Å². The molecule has 0 saturated heterocycles. The van der Waals surface area contributed by atoms with E-state index >= 15 is 0 Å². The minimum absolute atomic E-state index is 0.103. The van der Waals surface area contributed by atoms with Crippen LogP contribution in [0.3, 0.4) is 0 Å². The minimum Gasteiger partial charge on any atom is -0.345 e. The molecule has 150 valence electrons. The number of halogens is 1. The van der Waals surface area contributed by atoms with E-state index in [0.717, 1.165) is 15.8 Å². The Morgan fingerprint density at radius 1 is 0.931 bits per heavy atom. The Kier molecular flexibility index (Phi) is 6.86. The molecule has 5 nitrogen and oxygen atoms in total. The molecule has 0 aliphatic carbocycles. The van der Waals surface area contributed by atoms with Gasteiger partial charge in [-0.15, -0.1) is 0 Å². The zero-order chi connectivity index (χ0) is 20.8. The molecule has 29 heavy (non-hydrogen) atoms. The number of quaternary nitrogens is 1. The zero-order valence-electron chi connectivity index (χ0n) is 16.5. The number of carbonyl (C=O) groups is 2. The molecule has 0 radical (unpaired) electrons. The average Bonchev–Trinajstić information content (AvgIpc) is 2.69. The first-order chi connectivity index (χ1) is 13.9. The maximum Gasteiger partial charge on any atom is 0.279 e. The van der Waals surface area contributed by atoms with Crippen molar-refractivity contribution in [3.63, 3.8) is 0 Å². The largest absolute Gasteiger partial charge is 0.345 e. The summed E-state index contributed by atoms with van der Waals surface area (Å²) in [5, 5.41) is 8.59. The normalized spacial score (nSPS) is 12.9. The molecule has 2 atom stereocenters. The predicted octanol–water partition coefficient (Wildman–Crippen LogP) is 2.82. The summed E-state index contributed by atoms with van der Waals surface area (Å²) in [6.07, 6.45) is 0. The van der Waals surface area contributed by atoms with E-state index < -0.39 is 0 Å². The Labute approximate surface area is 175 Å². The highest BCUT2D eigenvalue weighted by atomic mass is 35.5. The van der Waals surface area contributed by atoms with E-state index in [1.807, 2.05) is 32.2 Å². The predicted molar refractivity (Wildman–Crippen MR) is 117 cm³/mol. The van der Waals surface area contributed by atoms with Crippen molar-refractivity contribution in [3.8, 4) is 0 Å². The average molecular weight is 411 g/mol. The first-order valence-electron chi connectivity index (χ1n) is 9.56. The molecule has 3 rings (SSSR count). The fourth-order valence-electron chi connectivity index (χ4n) is 3.22. The first kappa shape index (κ1) is 20.8. The van der Waals surface area contributed by atoms with Crippen molar-refractivity contribution < 1.29 is 14.5 Å². The van der Waals surface area contributed by atoms with Crippen molar-refractivity contribution in [1.29, 1.82) is 0 Å². The monoisotopic (exact) mass is 410 g/mol. The van der Waals surface area contributed by atoms with Gasteiger partial charge in [0.1, 0.15) is 0 Å². The second kappa shape index (κ2) is 9.54. The van der Waals surface area contributed by atoms with Crippen molar-refractivity contribution >= 4 is 39.9 Å². The Morgan fingerprint density at radius 2 is 1.59 bits per heavy atom. The van der Waals surface area contributed by atoms with Gasteiger partial charge in [0.15, 0.2) is 13.1 Å². The highest BCUT2D eigenvalue weighted by molar-refractivity contribution is 6.33. The zero-order valence-corrected chi connectivity index (χ0v) is 17.3. The van der Waals surface area contributed by atoms with E-state index in [4.69, 9.17) is 11.6 Å². The fourth-order valence-corrected chi connectivity index (χ4v) is 3.40. The number of hydrogen-bond acceptors (Lipinski definition) is 2. The summed E-state index contributed by atoms with van der Waals surface area (Å²) in [5.74, 6) is -0.292. The van der Waals surface area contributed by atoms with Gasteiger partial charge in [0.05, 0.1) is 23.8 Å².